The van der Waals surface area contributed by atoms with Crippen LogP contribution in [0.5, 0.6) is 5.75 Å². The zero-order chi connectivity index (χ0) is 22.5. The number of amides is 1. The number of aryl methyl sites for hydroxylation is 1. The van der Waals surface area contributed by atoms with Gasteiger partial charge in [-0.25, -0.2) is 4.68 Å². The molecule has 1 amide bonds. The largest absolute Gasteiger partial charge is 0.494 e. The van der Waals surface area contributed by atoms with E-state index in [1.54, 1.807) is 4.68 Å². The molecule has 0 spiro atoms. The Bertz CT molecular complexity index is 1110. The van der Waals surface area contributed by atoms with E-state index < -0.39 is 6.04 Å². The molecule has 4 rings (SSSR count). The molecule has 0 aliphatic carbocycles. The number of aromatic nitrogens is 3. The van der Waals surface area contributed by atoms with Crippen LogP contribution in [-0.2, 0) is 11.2 Å². The highest BCUT2D eigenvalue weighted by molar-refractivity contribution is 6.06. The Balaban J connectivity index is 1.74. The zero-order valence-corrected chi connectivity index (χ0v) is 18.2. The maximum Gasteiger partial charge on any atom is 0.255 e. The van der Waals surface area contributed by atoms with Crippen molar-refractivity contribution in [2.45, 2.75) is 32.7 Å². The van der Waals surface area contributed by atoms with Gasteiger partial charge in [-0.15, -0.1) is 0 Å². The number of aliphatic hydroxyl groups excluding tert-OH is 1. The molecule has 0 fully saturated rings. The Hall–Kier alpha value is -3.65. The van der Waals surface area contributed by atoms with Gasteiger partial charge in [-0.2, -0.15) is 10.1 Å². The highest BCUT2D eigenvalue weighted by Gasteiger charge is 2.34. The number of carbonyl (C=O) groups excluding carboxylic acids is 1. The first kappa shape index (κ1) is 21.6. The number of ether oxygens (including phenoxy) is 1. The lowest BCUT2D eigenvalue weighted by Gasteiger charge is -2.28. The molecule has 8 heteroatoms. The van der Waals surface area contributed by atoms with Gasteiger partial charge in [0.25, 0.3) is 5.91 Å². The summed E-state index contributed by atoms with van der Waals surface area (Å²) in [5, 5.41) is 20.1. The zero-order valence-electron chi connectivity index (χ0n) is 18.2. The van der Waals surface area contributed by atoms with E-state index in [0.29, 0.717) is 42.5 Å². The molecule has 0 bridgehead atoms. The maximum absolute atomic E-state index is 13.4. The normalized spacial score (nSPS) is 15.2. The summed E-state index contributed by atoms with van der Waals surface area (Å²) in [6.07, 6.45) is 1.13. The van der Waals surface area contributed by atoms with Crippen molar-refractivity contribution in [2.24, 2.45) is 0 Å². The first-order chi connectivity index (χ1) is 15.6. The van der Waals surface area contributed by atoms with Crippen molar-refractivity contribution < 1.29 is 14.6 Å². The molecule has 1 atom stereocenters. The first-order valence-corrected chi connectivity index (χ1v) is 10.7. The van der Waals surface area contributed by atoms with Crippen molar-refractivity contribution in [1.29, 1.82) is 0 Å². The van der Waals surface area contributed by atoms with Crippen molar-refractivity contribution in [3.63, 3.8) is 0 Å². The van der Waals surface area contributed by atoms with Crippen molar-refractivity contribution in [1.82, 2.24) is 14.8 Å². The second-order valence-corrected chi connectivity index (χ2v) is 7.51. The Morgan fingerprint density at radius 2 is 1.94 bits per heavy atom. The van der Waals surface area contributed by atoms with Crippen molar-refractivity contribution >= 4 is 17.5 Å². The van der Waals surface area contributed by atoms with E-state index in [-0.39, 0.29) is 12.5 Å². The van der Waals surface area contributed by atoms with Gasteiger partial charge in [0.05, 0.1) is 12.2 Å². The van der Waals surface area contributed by atoms with Gasteiger partial charge >= 0.3 is 0 Å². The fourth-order valence-corrected chi connectivity index (χ4v) is 3.77. The van der Waals surface area contributed by atoms with E-state index in [0.717, 1.165) is 17.0 Å². The Morgan fingerprint density at radius 3 is 2.62 bits per heavy atom. The third kappa shape index (κ3) is 4.50. The molecular formula is C24H27N5O3. The molecule has 3 N–H and O–H groups in total. The molecule has 0 saturated carbocycles. The van der Waals surface area contributed by atoms with Crippen molar-refractivity contribution in [3.8, 4) is 5.75 Å². The van der Waals surface area contributed by atoms with Crippen LogP contribution in [0.3, 0.4) is 0 Å². The number of fused-ring (bicyclic) bond motifs is 1. The van der Waals surface area contributed by atoms with Crippen LogP contribution in [-0.4, -0.2) is 39.0 Å². The molecule has 3 aromatic rings. The molecule has 8 nitrogen and oxygen atoms in total. The Labute approximate surface area is 186 Å². The van der Waals surface area contributed by atoms with E-state index in [9.17, 15) is 9.90 Å². The number of allylic oxidation sites excluding steroid dienone is 1. The number of rotatable bonds is 8. The smallest absolute Gasteiger partial charge is 0.255 e. The maximum atomic E-state index is 13.4. The predicted octanol–water partition coefficient (Wildman–Crippen LogP) is 3.53. The van der Waals surface area contributed by atoms with E-state index in [1.165, 1.54) is 0 Å². The summed E-state index contributed by atoms with van der Waals surface area (Å²) >= 11 is 0. The number of nitrogens with zero attached hydrogens (tertiary/aromatic N) is 3. The monoisotopic (exact) mass is 433 g/mol. The molecule has 166 valence electrons. The Morgan fingerprint density at radius 1 is 1.19 bits per heavy atom. The molecule has 2 heterocycles. The van der Waals surface area contributed by atoms with Crippen LogP contribution in [0, 0.1) is 0 Å². The summed E-state index contributed by atoms with van der Waals surface area (Å²) in [4.78, 5) is 18.0. The van der Waals surface area contributed by atoms with Crippen molar-refractivity contribution in [3.05, 3.63) is 77.3 Å². The third-order valence-corrected chi connectivity index (χ3v) is 5.24. The van der Waals surface area contributed by atoms with Crippen molar-refractivity contribution in [2.75, 3.05) is 23.8 Å². The minimum Gasteiger partial charge on any atom is -0.494 e. The van der Waals surface area contributed by atoms with Crippen LogP contribution in [0.1, 0.15) is 37.7 Å². The Kier molecular flexibility index (Phi) is 6.51. The van der Waals surface area contributed by atoms with Gasteiger partial charge in [-0.1, -0.05) is 30.3 Å². The molecule has 1 aromatic heterocycles. The van der Waals surface area contributed by atoms with Gasteiger partial charge in [-0.3, -0.25) is 4.79 Å². The van der Waals surface area contributed by atoms with E-state index in [1.807, 2.05) is 68.4 Å². The molecule has 0 saturated heterocycles. The van der Waals surface area contributed by atoms with E-state index >= 15 is 0 Å². The summed E-state index contributed by atoms with van der Waals surface area (Å²) < 4.78 is 7.32. The quantitative estimate of drug-likeness (QED) is 0.502. The minimum absolute atomic E-state index is 0.0711. The second kappa shape index (κ2) is 9.65. The number of aliphatic hydroxyl groups is 1. The summed E-state index contributed by atoms with van der Waals surface area (Å²) in [5.74, 6) is 1.75. The first-order valence-electron chi connectivity index (χ1n) is 10.7. The topological polar surface area (TPSA) is 101 Å². The van der Waals surface area contributed by atoms with Crippen LogP contribution >= 0.6 is 0 Å². The van der Waals surface area contributed by atoms with Crippen LogP contribution < -0.4 is 15.4 Å². The lowest BCUT2D eigenvalue weighted by atomic mass is 9.95. The van der Waals surface area contributed by atoms with Gasteiger partial charge < -0.3 is 20.5 Å². The molecular weight excluding hydrogens is 406 g/mol. The number of benzene rings is 2. The summed E-state index contributed by atoms with van der Waals surface area (Å²) in [5.41, 5.74) is 2.89. The predicted molar refractivity (Wildman–Crippen MR) is 123 cm³/mol. The summed E-state index contributed by atoms with van der Waals surface area (Å²) in [6, 6.07) is 16.6. The fourth-order valence-electron chi connectivity index (χ4n) is 3.77. The number of nitrogens with one attached hydrogen (secondary N) is 2. The standard InChI is InChI=1S/C24H27N5O3/c1-3-32-19-13-11-17(12-14-19)22-21(23(31)26-18-8-5-4-6-9-18)16(2)25-24-27-20(10-7-15-30)28-29(22)24/h4-6,8-9,11-14,22,30H,3,7,10,15H2,1-2H3,(H,26,31)(H,25,27,28). The van der Waals surface area contributed by atoms with Crippen LogP contribution in [0.4, 0.5) is 11.6 Å². The fraction of sp³-hybridized carbons (Fsp3) is 0.292. The number of para-hydroxylation sites is 1. The van der Waals surface area contributed by atoms with Gasteiger partial charge in [0.2, 0.25) is 5.95 Å². The van der Waals surface area contributed by atoms with Gasteiger partial charge in [0, 0.05) is 24.4 Å². The highest BCUT2D eigenvalue weighted by Crippen LogP contribution is 2.36. The van der Waals surface area contributed by atoms with Gasteiger partial charge in [0.15, 0.2) is 5.82 Å². The molecule has 32 heavy (non-hydrogen) atoms. The third-order valence-electron chi connectivity index (χ3n) is 5.24. The second-order valence-electron chi connectivity index (χ2n) is 7.51. The molecule has 1 unspecified atom stereocenters. The molecule has 0 radical (unpaired) electrons. The van der Waals surface area contributed by atoms with Crippen LogP contribution in [0.2, 0.25) is 0 Å². The average Bonchev–Trinajstić information content (AvgIpc) is 3.20. The summed E-state index contributed by atoms with van der Waals surface area (Å²) in [6.45, 7) is 4.46. The van der Waals surface area contributed by atoms with E-state index in [4.69, 9.17) is 4.74 Å². The number of carbonyl (C=O) groups is 1. The lowest BCUT2D eigenvalue weighted by Crippen LogP contribution is -2.31. The molecule has 1 aliphatic rings. The average molecular weight is 434 g/mol. The number of hydrogen-bond acceptors (Lipinski definition) is 6. The SMILES string of the molecule is CCOc1ccc(C2C(C(=O)Nc3ccccc3)=C(C)Nc3nc(CCCO)nn32)cc1. The molecule has 1 aliphatic heterocycles. The highest BCUT2D eigenvalue weighted by atomic mass is 16.5. The number of hydrogen-bond donors (Lipinski definition) is 3. The number of anilines is 2. The van der Waals surface area contributed by atoms with Gasteiger partial charge in [0.1, 0.15) is 11.8 Å². The van der Waals surface area contributed by atoms with Gasteiger partial charge in [-0.05, 0) is 50.1 Å². The van der Waals surface area contributed by atoms with Crippen LogP contribution in [0.25, 0.3) is 0 Å². The lowest BCUT2D eigenvalue weighted by molar-refractivity contribution is -0.113. The minimum atomic E-state index is -0.457. The van der Waals surface area contributed by atoms with Crippen LogP contribution in [0.15, 0.2) is 65.9 Å². The van der Waals surface area contributed by atoms with E-state index in [2.05, 4.69) is 20.7 Å². The molecule has 2 aromatic carbocycles. The summed E-state index contributed by atoms with van der Waals surface area (Å²) in [7, 11) is 0.